The summed E-state index contributed by atoms with van der Waals surface area (Å²) in [6.07, 6.45) is 3.01. The Kier molecular flexibility index (Phi) is 3.76. The average molecular weight is 250 g/mol. The first kappa shape index (κ1) is 12.8. The minimum Gasteiger partial charge on any atom is -0.365 e. The van der Waals surface area contributed by atoms with Gasteiger partial charge in [0, 0.05) is 26.8 Å². The van der Waals surface area contributed by atoms with Crippen LogP contribution in [0, 0.1) is 6.92 Å². The number of hydrogen-bond donors (Lipinski definition) is 0. The third-order valence-corrected chi connectivity index (χ3v) is 2.85. The van der Waals surface area contributed by atoms with Gasteiger partial charge in [-0.3, -0.25) is 9.78 Å². The summed E-state index contributed by atoms with van der Waals surface area (Å²) in [6.45, 7) is 3.68. The zero-order chi connectivity index (χ0) is 13.1. The maximum atomic E-state index is 11.9. The molecule has 1 atom stereocenters. The van der Waals surface area contributed by atoms with Gasteiger partial charge in [-0.15, -0.1) is 0 Å². The summed E-state index contributed by atoms with van der Waals surface area (Å²) in [7, 11) is 3.47. The second-order valence-corrected chi connectivity index (χ2v) is 4.56. The van der Waals surface area contributed by atoms with Crippen LogP contribution in [0.5, 0.6) is 0 Å². The molecular weight excluding hydrogens is 232 g/mol. The molecule has 0 radical (unpaired) electrons. The molecular formula is C12H18N4O2. The number of likely N-dealkylation sites (N-methyl/N-ethyl adjacent to an activating group) is 1. The van der Waals surface area contributed by atoms with Crippen molar-refractivity contribution in [3.05, 3.63) is 18.1 Å². The third-order valence-electron chi connectivity index (χ3n) is 2.85. The molecule has 6 nitrogen and oxygen atoms in total. The number of carbonyl (C=O) groups excluding carboxylic acids is 1. The first-order valence-corrected chi connectivity index (χ1v) is 5.94. The number of morpholine rings is 1. The van der Waals surface area contributed by atoms with Crippen LogP contribution < -0.4 is 4.90 Å². The molecule has 98 valence electrons. The summed E-state index contributed by atoms with van der Waals surface area (Å²) in [5.74, 6) is 0.787. The number of amides is 1. The summed E-state index contributed by atoms with van der Waals surface area (Å²) >= 11 is 0. The molecule has 1 aliphatic heterocycles. The van der Waals surface area contributed by atoms with Gasteiger partial charge in [0.15, 0.2) is 6.10 Å². The second-order valence-electron chi connectivity index (χ2n) is 4.56. The van der Waals surface area contributed by atoms with Crippen molar-refractivity contribution in [1.82, 2.24) is 14.9 Å². The van der Waals surface area contributed by atoms with Crippen LogP contribution in [-0.2, 0) is 9.53 Å². The van der Waals surface area contributed by atoms with Crippen molar-refractivity contribution in [1.29, 1.82) is 0 Å². The number of aryl methyl sites for hydroxylation is 1. The molecule has 1 fully saturated rings. The fourth-order valence-electron chi connectivity index (χ4n) is 1.90. The first-order chi connectivity index (χ1) is 8.58. The van der Waals surface area contributed by atoms with E-state index in [0.717, 1.165) is 18.1 Å². The molecule has 2 heterocycles. The molecule has 0 spiro atoms. The predicted octanol–water partition coefficient (Wildman–Crippen LogP) is 0.0784. The van der Waals surface area contributed by atoms with Gasteiger partial charge in [0.2, 0.25) is 0 Å². The number of ether oxygens (including phenoxy) is 1. The quantitative estimate of drug-likeness (QED) is 0.744. The monoisotopic (exact) mass is 250 g/mol. The maximum absolute atomic E-state index is 11.9. The van der Waals surface area contributed by atoms with E-state index < -0.39 is 6.10 Å². The van der Waals surface area contributed by atoms with Gasteiger partial charge in [-0.25, -0.2) is 4.98 Å². The molecule has 1 aromatic heterocycles. The molecule has 1 amide bonds. The van der Waals surface area contributed by atoms with Gasteiger partial charge in [0.05, 0.1) is 25.0 Å². The van der Waals surface area contributed by atoms with E-state index in [1.165, 1.54) is 0 Å². The first-order valence-electron chi connectivity index (χ1n) is 5.94. The molecule has 18 heavy (non-hydrogen) atoms. The SMILES string of the molecule is Cc1cncc(N2CCOC(C(=O)N(C)C)C2)n1. The topological polar surface area (TPSA) is 58.6 Å². The largest absolute Gasteiger partial charge is 0.365 e. The Bertz CT molecular complexity index is 436. The van der Waals surface area contributed by atoms with Crippen molar-refractivity contribution in [2.45, 2.75) is 13.0 Å². The van der Waals surface area contributed by atoms with Gasteiger partial charge in [-0.1, -0.05) is 0 Å². The maximum Gasteiger partial charge on any atom is 0.253 e. The fraction of sp³-hybridized carbons (Fsp3) is 0.583. The summed E-state index contributed by atoms with van der Waals surface area (Å²) in [4.78, 5) is 24.0. The minimum atomic E-state index is -0.420. The van der Waals surface area contributed by atoms with E-state index in [2.05, 4.69) is 9.97 Å². The van der Waals surface area contributed by atoms with Gasteiger partial charge in [0.25, 0.3) is 5.91 Å². The zero-order valence-corrected chi connectivity index (χ0v) is 11.0. The number of aromatic nitrogens is 2. The van der Waals surface area contributed by atoms with E-state index in [1.54, 1.807) is 31.4 Å². The van der Waals surface area contributed by atoms with Crippen molar-refractivity contribution in [2.75, 3.05) is 38.7 Å². The molecule has 1 unspecified atom stereocenters. The van der Waals surface area contributed by atoms with Crippen molar-refractivity contribution in [2.24, 2.45) is 0 Å². The Morgan fingerprint density at radius 3 is 2.94 bits per heavy atom. The Balaban J connectivity index is 2.09. The van der Waals surface area contributed by atoms with Gasteiger partial charge in [-0.05, 0) is 6.92 Å². The Labute approximate surface area is 107 Å². The van der Waals surface area contributed by atoms with Crippen LogP contribution in [0.3, 0.4) is 0 Å². The number of rotatable bonds is 2. The Morgan fingerprint density at radius 2 is 2.28 bits per heavy atom. The van der Waals surface area contributed by atoms with E-state index in [9.17, 15) is 4.79 Å². The van der Waals surface area contributed by atoms with Gasteiger partial charge >= 0.3 is 0 Å². The van der Waals surface area contributed by atoms with E-state index in [0.29, 0.717) is 13.2 Å². The highest BCUT2D eigenvalue weighted by molar-refractivity contribution is 5.81. The molecule has 1 saturated heterocycles. The molecule has 0 aliphatic carbocycles. The molecule has 0 bridgehead atoms. The molecule has 6 heteroatoms. The van der Waals surface area contributed by atoms with Crippen LogP contribution in [-0.4, -0.2) is 60.7 Å². The lowest BCUT2D eigenvalue weighted by molar-refractivity contribution is -0.141. The molecule has 0 aromatic carbocycles. The lowest BCUT2D eigenvalue weighted by atomic mass is 10.2. The number of hydrogen-bond acceptors (Lipinski definition) is 5. The molecule has 1 aromatic rings. The third kappa shape index (κ3) is 2.76. The van der Waals surface area contributed by atoms with Crippen molar-refractivity contribution >= 4 is 11.7 Å². The van der Waals surface area contributed by atoms with Crippen LogP contribution in [0.2, 0.25) is 0 Å². The average Bonchev–Trinajstić information content (AvgIpc) is 2.38. The summed E-state index contributed by atoms with van der Waals surface area (Å²) < 4.78 is 5.50. The van der Waals surface area contributed by atoms with E-state index in [4.69, 9.17) is 4.74 Å². The minimum absolute atomic E-state index is 0.0136. The van der Waals surface area contributed by atoms with Gasteiger partial charge < -0.3 is 14.5 Å². The predicted molar refractivity (Wildman–Crippen MR) is 67.4 cm³/mol. The Hall–Kier alpha value is -1.69. The number of nitrogens with zero attached hydrogens (tertiary/aromatic N) is 4. The Morgan fingerprint density at radius 1 is 1.50 bits per heavy atom. The fourth-order valence-corrected chi connectivity index (χ4v) is 1.90. The molecule has 1 aliphatic rings. The van der Waals surface area contributed by atoms with Crippen LogP contribution in [0.25, 0.3) is 0 Å². The summed E-state index contributed by atoms with van der Waals surface area (Å²) in [5.41, 5.74) is 0.870. The van der Waals surface area contributed by atoms with Gasteiger partial charge in [-0.2, -0.15) is 0 Å². The second kappa shape index (κ2) is 5.30. The lowest BCUT2D eigenvalue weighted by Gasteiger charge is -2.33. The number of carbonyl (C=O) groups is 1. The standard InChI is InChI=1S/C12H18N4O2/c1-9-6-13-7-11(14-9)16-4-5-18-10(8-16)12(17)15(2)3/h6-7,10H,4-5,8H2,1-3H3. The molecule has 0 saturated carbocycles. The number of anilines is 1. The smallest absolute Gasteiger partial charge is 0.253 e. The van der Waals surface area contributed by atoms with Crippen LogP contribution in [0.4, 0.5) is 5.82 Å². The van der Waals surface area contributed by atoms with Crippen LogP contribution >= 0.6 is 0 Å². The molecule has 2 rings (SSSR count). The van der Waals surface area contributed by atoms with Crippen LogP contribution in [0.1, 0.15) is 5.69 Å². The highest BCUT2D eigenvalue weighted by atomic mass is 16.5. The van der Waals surface area contributed by atoms with Gasteiger partial charge in [0.1, 0.15) is 5.82 Å². The summed E-state index contributed by atoms with van der Waals surface area (Å²) in [6, 6.07) is 0. The summed E-state index contributed by atoms with van der Waals surface area (Å²) in [5, 5.41) is 0. The van der Waals surface area contributed by atoms with Crippen molar-refractivity contribution < 1.29 is 9.53 Å². The highest BCUT2D eigenvalue weighted by Gasteiger charge is 2.28. The van der Waals surface area contributed by atoms with E-state index in [-0.39, 0.29) is 5.91 Å². The van der Waals surface area contributed by atoms with Crippen LogP contribution in [0.15, 0.2) is 12.4 Å². The van der Waals surface area contributed by atoms with Crippen molar-refractivity contribution in [3.63, 3.8) is 0 Å². The normalized spacial score (nSPS) is 19.7. The van der Waals surface area contributed by atoms with Crippen molar-refractivity contribution in [3.8, 4) is 0 Å². The molecule has 0 N–H and O–H groups in total. The van der Waals surface area contributed by atoms with E-state index in [1.807, 2.05) is 11.8 Å². The van der Waals surface area contributed by atoms with E-state index >= 15 is 0 Å². The highest BCUT2D eigenvalue weighted by Crippen LogP contribution is 2.15. The zero-order valence-electron chi connectivity index (χ0n) is 11.0. The lowest BCUT2D eigenvalue weighted by Crippen LogP contribution is -2.49.